The summed E-state index contributed by atoms with van der Waals surface area (Å²) in [5, 5.41) is 16.0. The number of carboxylic acid groups (broad SMARTS) is 1. The van der Waals surface area contributed by atoms with E-state index in [0.29, 0.717) is 25.1 Å². The van der Waals surface area contributed by atoms with Crippen molar-refractivity contribution in [2.45, 2.75) is 80.8 Å². The van der Waals surface area contributed by atoms with Gasteiger partial charge in [0.25, 0.3) is 0 Å². The first-order chi connectivity index (χ1) is 21.2. The van der Waals surface area contributed by atoms with Gasteiger partial charge in [-0.2, -0.15) is 4.31 Å². The summed E-state index contributed by atoms with van der Waals surface area (Å²) in [6.07, 6.45) is -1.57. The Kier molecular flexibility index (Phi) is 9.48. The molecule has 45 heavy (non-hydrogen) atoms. The monoisotopic (exact) mass is 654 g/mol. The molecular formula is C31H38F4N4O5S. The number of carbonyl (C=O) groups excluding carboxylic acids is 1. The summed E-state index contributed by atoms with van der Waals surface area (Å²) in [5.41, 5.74) is -0.901. The zero-order valence-corrected chi connectivity index (χ0v) is 25.8. The molecule has 9 nitrogen and oxygen atoms in total. The highest BCUT2D eigenvalue weighted by Gasteiger charge is 2.53. The fourth-order valence-electron chi connectivity index (χ4n) is 7.16. The molecule has 0 spiro atoms. The van der Waals surface area contributed by atoms with Gasteiger partial charge in [0.15, 0.2) is 0 Å². The normalized spacial score (nSPS) is 25.8. The van der Waals surface area contributed by atoms with Crippen molar-refractivity contribution in [1.82, 2.24) is 14.5 Å². The van der Waals surface area contributed by atoms with Crippen molar-refractivity contribution in [2.75, 3.05) is 31.2 Å². The molecule has 2 aromatic carbocycles. The molecule has 5 rings (SSSR count). The van der Waals surface area contributed by atoms with Crippen LogP contribution in [0.5, 0.6) is 0 Å². The zero-order chi connectivity index (χ0) is 32.6. The SMILES string of the molecule is CN(C(=O)O)[C@H](C(=O)Nc1cccc(F)c1CC[C@H]1CNC2CCCS(=O)(=O)N1C2)C1(c2ccc(F)cc2)CCC(F)(F)CC1. The van der Waals surface area contributed by atoms with Crippen molar-refractivity contribution in [1.29, 1.82) is 0 Å². The molecule has 246 valence electrons. The number of amides is 2. The minimum atomic E-state index is -3.48. The van der Waals surface area contributed by atoms with Crippen LogP contribution in [0.4, 0.5) is 28.0 Å². The molecule has 3 fully saturated rings. The molecule has 2 saturated heterocycles. The lowest BCUT2D eigenvalue weighted by Gasteiger charge is -2.47. The topological polar surface area (TPSA) is 119 Å². The Hall–Kier alpha value is -3.23. The number of anilines is 1. The van der Waals surface area contributed by atoms with Crippen LogP contribution in [0, 0.1) is 11.6 Å². The molecule has 2 unspecified atom stereocenters. The van der Waals surface area contributed by atoms with Crippen LogP contribution in [0.1, 0.15) is 56.1 Å². The molecule has 3 aliphatic rings. The van der Waals surface area contributed by atoms with E-state index in [1.807, 2.05) is 0 Å². The van der Waals surface area contributed by atoms with Gasteiger partial charge in [-0.3, -0.25) is 9.69 Å². The highest BCUT2D eigenvalue weighted by atomic mass is 32.2. The predicted molar refractivity (Wildman–Crippen MR) is 160 cm³/mol. The molecule has 0 radical (unpaired) electrons. The number of hydrogen-bond acceptors (Lipinski definition) is 5. The highest BCUT2D eigenvalue weighted by Crippen LogP contribution is 2.49. The first-order valence-corrected chi connectivity index (χ1v) is 16.7. The second-order valence-electron chi connectivity index (χ2n) is 12.4. The van der Waals surface area contributed by atoms with Crippen LogP contribution < -0.4 is 10.6 Å². The molecule has 1 saturated carbocycles. The van der Waals surface area contributed by atoms with Crippen LogP contribution >= 0.6 is 0 Å². The smallest absolute Gasteiger partial charge is 0.407 e. The number of sulfonamides is 1. The van der Waals surface area contributed by atoms with E-state index in [0.717, 1.165) is 23.5 Å². The second-order valence-corrected chi connectivity index (χ2v) is 14.4. The average Bonchev–Trinajstić information content (AvgIpc) is 3.10. The van der Waals surface area contributed by atoms with E-state index in [1.54, 1.807) is 0 Å². The maximum Gasteiger partial charge on any atom is 0.407 e. The summed E-state index contributed by atoms with van der Waals surface area (Å²) in [7, 11) is -2.31. The molecule has 2 heterocycles. The van der Waals surface area contributed by atoms with Gasteiger partial charge >= 0.3 is 6.09 Å². The first kappa shape index (κ1) is 33.1. The van der Waals surface area contributed by atoms with Crippen LogP contribution in [0.15, 0.2) is 42.5 Å². The number of nitrogens with one attached hydrogen (secondary N) is 2. The Morgan fingerprint density at radius 3 is 2.47 bits per heavy atom. The molecule has 14 heteroatoms. The number of benzene rings is 2. The highest BCUT2D eigenvalue weighted by molar-refractivity contribution is 7.89. The summed E-state index contributed by atoms with van der Waals surface area (Å²) in [4.78, 5) is 27.1. The molecule has 2 amide bonds. The third kappa shape index (κ3) is 6.97. The Labute approximate surface area is 260 Å². The lowest BCUT2D eigenvalue weighted by atomic mass is 9.63. The fraction of sp³-hybridized carbons (Fsp3) is 0.548. The molecule has 0 aromatic heterocycles. The van der Waals surface area contributed by atoms with E-state index in [2.05, 4.69) is 10.6 Å². The van der Waals surface area contributed by atoms with Crippen LogP contribution in [-0.2, 0) is 26.7 Å². The number of piperazine rings is 1. The van der Waals surface area contributed by atoms with E-state index in [4.69, 9.17) is 0 Å². The lowest BCUT2D eigenvalue weighted by Crippen LogP contribution is -2.59. The predicted octanol–water partition coefficient (Wildman–Crippen LogP) is 4.73. The molecule has 2 bridgehead atoms. The number of halogens is 4. The maximum atomic E-state index is 15.3. The summed E-state index contributed by atoms with van der Waals surface area (Å²) in [6.45, 7) is 0.734. The van der Waals surface area contributed by atoms with Gasteiger partial charge in [-0.15, -0.1) is 0 Å². The first-order valence-electron chi connectivity index (χ1n) is 15.1. The van der Waals surface area contributed by atoms with Crippen molar-refractivity contribution in [3.63, 3.8) is 0 Å². The van der Waals surface area contributed by atoms with Crippen molar-refractivity contribution in [2.24, 2.45) is 0 Å². The van der Waals surface area contributed by atoms with Crippen molar-refractivity contribution < 1.29 is 40.7 Å². The third-order valence-electron chi connectivity index (χ3n) is 9.62. The van der Waals surface area contributed by atoms with Crippen LogP contribution in [0.25, 0.3) is 0 Å². The average molecular weight is 655 g/mol. The van der Waals surface area contributed by atoms with E-state index in [1.165, 1.54) is 41.7 Å². The number of rotatable bonds is 8. The Bertz CT molecular complexity index is 1510. The van der Waals surface area contributed by atoms with Gasteiger partial charge in [0.2, 0.25) is 21.9 Å². The Morgan fingerprint density at radius 1 is 1.11 bits per heavy atom. The van der Waals surface area contributed by atoms with Crippen LogP contribution in [0.2, 0.25) is 0 Å². The molecule has 2 aromatic rings. The van der Waals surface area contributed by atoms with Crippen molar-refractivity contribution >= 4 is 27.7 Å². The van der Waals surface area contributed by atoms with Crippen LogP contribution in [-0.4, -0.2) is 84.7 Å². The minimum absolute atomic E-state index is 0.0446. The van der Waals surface area contributed by atoms with Gasteiger partial charge in [0.1, 0.15) is 17.7 Å². The molecule has 2 aliphatic heterocycles. The minimum Gasteiger partial charge on any atom is -0.465 e. The second kappa shape index (κ2) is 12.9. The standard InChI is InChI=1S/C31H38F4N4O5S/c1-38(29(41)42)27(30(13-15-31(34,35)16-14-30)20-7-9-21(32)10-8-20)28(40)37-26-6-2-5-25(33)24(26)12-11-23-18-36-22-4-3-17-45(43,44)39(23)19-22/h2,5-10,22-23,27,36H,3-4,11-19H2,1H3,(H,37,40)(H,41,42)/t22?,23-,27+/m0/s1. The van der Waals surface area contributed by atoms with E-state index in [-0.39, 0.29) is 48.7 Å². The van der Waals surface area contributed by atoms with Crippen LogP contribution in [0.3, 0.4) is 0 Å². The maximum absolute atomic E-state index is 15.3. The van der Waals surface area contributed by atoms with Gasteiger partial charge in [-0.1, -0.05) is 18.2 Å². The van der Waals surface area contributed by atoms with Gasteiger partial charge in [0.05, 0.1) is 5.75 Å². The zero-order valence-electron chi connectivity index (χ0n) is 24.9. The lowest BCUT2D eigenvalue weighted by molar-refractivity contribution is -0.126. The number of alkyl halides is 2. The van der Waals surface area contributed by atoms with E-state index in [9.17, 15) is 36.3 Å². The molecule has 1 aliphatic carbocycles. The third-order valence-corrected chi connectivity index (χ3v) is 11.6. The molecule has 4 atom stereocenters. The van der Waals surface area contributed by atoms with Gasteiger partial charge in [-0.05, 0) is 68.4 Å². The summed E-state index contributed by atoms with van der Waals surface area (Å²) < 4.78 is 85.3. The van der Waals surface area contributed by atoms with Gasteiger partial charge in [-0.25, -0.2) is 30.8 Å². The largest absolute Gasteiger partial charge is 0.465 e. The summed E-state index contributed by atoms with van der Waals surface area (Å²) >= 11 is 0. The van der Waals surface area contributed by atoms with Crippen molar-refractivity contribution in [3.8, 4) is 0 Å². The molecule has 3 N–H and O–H groups in total. The Balaban J connectivity index is 1.45. The molecular weight excluding hydrogens is 616 g/mol. The van der Waals surface area contributed by atoms with E-state index >= 15 is 4.39 Å². The summed E-state index contributed by atoms with van der Waals surface area (Å²) in [6, 6.07) is 7.20. The quantitative estimate of drug-likeness (QED) is 0.355. The van der Waals surface area contributed by atoms with E-state index < -0.39 is 69.9 Å². The fourth-order valence-corrected chi connectivity index (χ4v) is 8.97. The van der Waals surface area contributed by atoms with Crippen molar-refractivity contribution in [3.05, 3.63) is 65.2 Å². The van der Waals surface area contributed by atoms with Gasteiger partial charge in [0, 0.05) is 61.7 Å². The number of hydrogen-bond donors (Lipinski definition) is 3. The summed E-state index contributed by atoms with van der Waals surface area (Å²) in [5.74, 6) is -5.04. The number of carbonyl (C=O) groups is 2. The number of nitrogens with zero attached hydrogens (tertiary/aromatic N) is 2. The Morgan fingerprint density at radius 2 is 1.80 bits per heavy atom. The number of fused-ring (bicyclic) bond motifs is 2. The number of likely N-dealkylation sites (N-methyl/N-ethyl adjacent to an activating group) is 1. The van der Waals surface area contributed by atoms with Gasteiger partial charge < -0.3 is 15.7 Å².